The van der Waals surface area contributed by atoms with Gasteiger partial charge in [0.15, 0.2) is 0 Å². The van der Waals surface area contributed by atoms with Crippen LogP contribution < -0.4 is 0 Å². The summed E-state index contributed by atoms with van der Waals surface area (Å²) in [4.78, 5) is 0. The fourth-order valence-corrected chi connectivity index (χ4v) is 0.685. The maximum Gasteiger partial charge on any atom is 0.0662 e. The van der Waals surface area contributed by atoms with Crippen LogP contribution in [-0.2, 0) is 0 Å². The summed E-state index contributed by atoms with van der Waals surface area (Å²) in [5.74, 6) is 0. The number of hydrogen-bond donors (Lipinski definition) is 3. The van der Waals surface area contributed by atoms with E-state index in [2.05, 4.69) is 0 Å². The van der Waals surface area contributed by atoms with Crippen LogP contribution in [0.3, 0.4) is 0 Å². The molecule has 0 saturated heterocycles. The molecule has 0 bridgehead atoms. The van der Waals surface area contributed by atoms with Crippen molar-refractivity contribution in [2.45, 2.75) is 26.1 Å². The lowest BCUT2D eigenvalue weighted by Gasteiger charge is -2.17. The largest absolute Gasteiger partial charge is 0.392 e. The molecule has 0 aromatic carbocycles. The summed E-state index contributed by atoms with van der Waals surface area (Å²) in [6, 6.07) is 0. The Hall–Kier alpha value is -0.160. The summed E-state index contributed by atoms with van der Waals surface area (Å²) in [5, 5.41) is 27.3. The highest BCUT2D eigenvalue weighted by Gasteiger charge is 2.06. The van der Waals surface area contributed by atoms with Gasteiger partial charge in [0, 0.05) is 13.1 Å². The van der Waals surface area contributed by atoms with Crippen molar-refractivity contribution in [1.82, 2.24) is 5.06 Å². The molecule has 0 aliphatic carbocycles. The van der Waals surface area contributed by atoms with Crippen molar-refractivity contribution in [3.63, 3.8) is 0 Å². The van der Waals surface area contributed by atoms with E-state index in [1.807, 2.05) is 0 Å². The third-order valence-electron chi connectivity index (χ3n) is 0.950. The van der Waals surface area contributed by atoms with E-state index in [1.54, 1.807) is 13.8 Å². The van der Waals surface area contributed by atoms with Crippen molar-refractivity contribution in [3.05, 3.63) is 0 Å². The van der Waals surface area contributed by atoms with Crippen LogP contribution in [0.1, 0.15) is 13.8 Å². The average Bonchev–Trinajstić information content (AvgIpc) is 1.58. The zero-order valence-electron chi connectivity index (χ0n) is 6.36. The maximum absolute atomic E-state index is 8.90. The Balaban J connectivity index is 3.34. The molecule has 62 valence electrons. The quantitative estimate of drug-likeness (QED) is 0.469. The van der Waals surface area contributed by atoms with Crippen LogP contribution in [0.2, 0.25) is 0 Å². The molecule has 0 amide bonds. The summed E-state index contributed by atoms with van der Waals surface area (Å²) in [6.45, 7) is 3.49. The summed E-state index contributed by atoms with van der Waals surface area (Å²) >= 11 is 0. The molecular weight excluding hydrogens is 134 g/mol. The summed E-state index contributed by atoms with van der Waals surface area (Å²) < 4.78 is 0. The molecule has 0 aromatic rings. The van der Waals surface area contributed by atoms with Crippen LogP contribution >= 0.6 is 0 Å². The van der Waals surface area contributed by atoms with Crippen LogP contribution in [0.25, 0.3) is 0 Å². The zero-order valence-corrected chi connectivity index (χ0v) is 6.36. The van der Waals surface area contributed by atoms with Crippen molar-refractivity contribution < 1.29 is 15.4 Å². The van der Waals surface area contributed by atoms with E-state index in [0.29, 0.717) is 0 Å². The molecule has 10 heavy (non-hydrogen) atoms. The Morgan fingerprint density at radius 3 is 1.60 bits per heavy atom. The van der Waals surface area contributed by atoms with Gasteiger partial charge in [-0.25, -0.2) is 0 Å². The molecule has 4 nitrogen and oxygen atoms in total. The molecule has 2 atom stereocenters. The normalized spacial score (nSPS) is 17.4. The van der Waals surface area contributed by atoms with Gasteiger partial charge in [0.2, 0.25) is 0 Å². The van der Waals surface area contributed by atoms with E-state index >= 15 is 0 Å². The van der Waals surface area contributed by atoms with Crippen molar-refractivity contribution in [1.29, 1.82) is 0 Å². The Morgan fingerprint density at radius 2 is 1.40 bits per heavy atom. The average molecular weight is 149 g/mol. The molecule has 3 N–H and O–H groups in total. The molecule has 0 heterocycles. The number of hydroxylamine groups is 2. The first kappa shape index (κ1) is 9.84. The number of rotatable bonds is 4. The lowest BCUT2D eigenvalue weighted by Crippen LogP contribution is -2.33. The summed E-state index contributed by atoms with van der Waals surface area (Å²) in [5.41, 5.74) is 0. The highest BCUT2D eigenvalue weighted by atomic mass is 16.5. The van der Waals surface area contributed by atoms with Gasteiger partial charge in [-0.15, -0.1) is 0 Å². The third kappa shape index (κ3) is 5.97. The molecule has 0 radical (unpaired) electrons. The number of nitrogens with zero attached hydrogens (tertiary/aromatic N) is 1. The maximum atomic E-state index is 8.90. The summed E-state index contributed by atoms with van der Waals surface area (Å²) in [6.07, 6.45) is -1.13. The smallest absolute Gasteiger partial charge is 0.0662 e. The minimum absolute atomic E-state index is 0.172. The van der Waals surface area contributed by atoms with E-state index in [0.717, 1.165) is 5.06 Å². The van der Waals surface area contributed by atoms with Crippen molar-refractivity contribution in [2.75, 3.05) is 13.1 Å². The minimum Gasteiger partial charge on any atom is -0.392 e. The van der Waals surface area contributed by atoms with Gasteiger partial charge >= 0.3 is 0 Å². The lowest BCUT2D eigenvalue weighted by atomic mass is 10.3. The SMILES string of the molecule is CC(O)CN(O)CC(C)O. The molecule has 0 rings (SSSR count). The molecular formula is C6H15NO3. The van der Waals surface area contributed by atoms with E-state index in [-0.39, 0.29) is 13.1 Å². The van der Waals surface area contributed by atoms with Crippen LogP contribution in [0.5, 0.6) is 0 Å². The van der Waals surface area contributed by atoms with E-state index in [9.17, 15) is 0 Å². The van der Waals surface area contributed by atoms with Gasteiger partial charge in [-0.2, -0.15) is 5.06 Å². The lowest BCUT2D eigenvalue weighted by molar-refractivity contribution is -0.127. The van der Waals surface area contributed by atoms with Crippen LogP contribution in [-0.4, -0.2) is 45.8 Å². The molecule has 0 saturated carbocycles. The highest BCUT2D eigenvalue weighted by Crippen LogP contribution is 1.89. The van der Waals surface area contributed by atoms with Crippen LogP contribution in [0.4, 0.5) is 0 Å². The predicted molar refractivity (Wildman–Crippen MR) is 36.7 cm³/mol. The molecule has 0 fully saturated rings. The van der Waals surface area contributed by atoms with Gasteiger partial charge in [-0.3, -0.25) is 0 Å². The molecule has 0 aromatic heterocycles. The third-order valence-corrected chi connectivity index (χ3v) is 0.950. The van der Waals surface area contributed by atoms with Crippen LogP contribution in [0, 0.1) is 0 Å². The molecule has 4 heteroatoms. The predicted octanol–water partition coefficient (Wildman–Crippen LogP) is -0.561. The fourth-order valence-electron chi connectivity index (χ4n) is 0.685. The van der Waals surface area contributed by atoms with Gasteiger partial charge in [-0.05, 0) is 13.8 Å². The Bertz CT molecular complexity index is 75.1. The second-order valence-electron chi connectivity index (χ2n) is 2.57. The molecule has 0 aliphatic rings. The van der Waals surface area contributed by atoms with E-state index in [4.69, 9.17) is 15.4 Å². The number of aliphatic hydroxyl groups is 2. The second kappa shape index (κ2) is 4.62. The van der Waals surface area contributed by atoms with Gasteiger partial charge in [-0.1, -0.05) is 0 Å². The van der Waals surface area contributed by atoms with E-state index in [1.165, 1.54) is 0 Å². The topological polar surface area (TPSA) is 63.9 Å². The first-order chi connectivity index (χ1) is 4.52. The van der Waals surface area contributed by atoms with Crippen LogP contribution in [0.15, 0.2) is 0 Å². The fraction of sp³-hybridized carbons (Fsp3) is 1.00. The minimum atomic E-state index is -0.566. The zero-order chi connectivity index (χ0) is 8.15. The Kier molecular flexibility index (Phi) is 4.55. The Labute approximate surface area is 60.7 Å². The number of aliphatic hydroxyl groups excluding tert-OH is 2. The second-order valence-corrected chi connectivity index (χ2v) is 2.57. The molecule has 0 spiro atoms. The van der Waals surface area contributed by atoms with Crippen molar-refractivity contribution in [2.24, 2.45) is 0 Å². The van der Waals surface area contributed by atoms with Crippen molar-refractivity contribution >= 4 is 0 Å². The Morgan fingerprint density at radius 1 is 1.10 bits per heavy atom. The monoisotopic (exact) mass is 149 g/mol. The van der Waals surface area contributed by atoms with E-state index < -0.39 is 12.2 Å². The van der Waals surface area contributed by atoms with Crippen molar-refractivity contribution in [3.8, 4) is 0 Å². The van der Waals surface area contributed by atoms with Gasteiger partial charge in [0.05, 0.1) is 12.2 Å². The number of hydrogen-bond acceptors (Lipinski definition) is 4. The van der Waals surface area contributed by atoms with Gasteiger partial charge < -0.3 is 15.4 Å². The van der Waals surface area contributed by atoms with Gasteiger partial charge in [0.1, 0.15) is 0 Å². The summed E-state index contributed by atoms with van der Waals surface area (Å²) in [7, 11) is 0. The highest BCUT2D eigenvalue weighted by molar-refractivity contribution is 4.54. The first-order valence-electron chi connectivity index (χ1n) is 3.32. The molecule has 0 aliphatic heterocycles. The first-order valence-corrected chi connectivity index (χ1v) is 3.32. The molecule has 2 unspecified atom stereocenters. The standard InChI is InChI=1S/C6H15NO3/c1-5(8)3-7(10)4-6(2)9/h5-6,8-10H,3-4H2,1-2H3. The van der Waals surface area contributed by atoms with Gasteiger partial charge in [0.25, 0.3) is 0 Å².